The standard InChI is InChI=1S/C21H32N2O4/c24-20(16-27-21-13-11-19(12-14-21)23(25)26)15-22(17-7-3-1-4-8-17)18-9-5-2-6-10-18/h11-14,17-18,20,24H,1-10,15-16H2/p+1. The molecule has 2 N–H and O–H groups in total. The van der Waals surface area contributed by atoms with Crippen LogP contribution in [0.15, 0.2) is 24.3 Å². The second-order valence-electron chi connectivity index (χ2n) is 8.16. The normalized spacial score (nSPS) is 20.5. The van der Waals surface area contributed by atoms with Crippen molar-refractivity contribution in [1.29, 1.82) is 0 Å². The van der Waals surface area contributed by atoms with Gasteiger partial charge in [0, 0.05) is 12.1 Å². The number of rotatable bonds is 8. The summed E-state index contributed by atoms with van der Waals surface area (Å²) in [4.78, 5) is 11.9. The smallest absolute Gasteiger partial charge is 0.269 e. The third-order valence-corrected chi connectivity index (χ3v) is 6.22. The van der Waals surface area contributed by atoms with E-state index in [0.717, 1.165) is 6.54 Å². The van der Waals surface area contributed by atoms with E-state index in [2.05, 4.69) is 0 Å². The van der Waals surface area contributed by atoms with E-state index in [1.807, 2.05) is 0 Å². The number of nitro benzene ring substituents is 1. The van der Waals surface area contributed by atoms with Crippen molar-refractivity contribution in [3.63, 3.8) is 0 Å². The first-order valence-electron chi connectivity index (χ1n) is 10.5. The largest absolute Gasteiger partial charge is 0.491 e. The van der Waals surface area contributed by atoms with Gasteiger partial charge < -0.3 is 14.7 Å². The molecule has 2 fully saturated rings. The van der Waals surface area contributed by atoms with Gasteiger partial charge in [0.1, 0.15) is 25.0 Å². The summed E-state index contributed by atoms with van der Waals surface area (Å²) in [7, 11) is 0. The summed E-state index contributed by atoms with van der Waals surface area (Å²) in [5.74, 6) is 0.566. The summed E-state index contributed by atoms with van der Waals surface area (Å²) in [6.45, 7) is 0.975. The Bertz CT molecular complexity index is 562. The zero-order valence-electron chi connectivity index (χ0n) is 16.1. The molecule has 2 saturated carbocycles. The lowest BCUT2D eigenvalue weighted by Gasteiger charge is -2.39. The highest BCUT2D eigenvalue weighted by Crippen LogP contribution is 2.20. The Kier molecular flexibility index (Phi) is 7.47. The average molecular weight is 378 g/mol. The molecule has 3 rings (SSSR count). The van der Waals surface area contributed by atoms with E-state index in [1.54, 1.807) is 17.0 Å². The van der Waals surface area contributed by atoms with Crippen LogP contribution >= 0.6 is 0 Å². The van der Waals surface area contributed by atoms with E-state index < -0.39 is 11.0 Å². The number of hydrogen-bond donors (Lipinski definition) is 2. The van der Waals surface area contributed by atoms with Gasteiger partial charge in [0.25, 0.3) is 5.69 Å². The summed E-state index contributed by atoms with van der Waals surface area (Å²) < 4.78 is 5.69. The maximum Gasteiger partial charge on any atom is 0.269 e. The fraction of sp³-hybridized carbons (Fsp3) is 0.714. The minimum atomic E-state index is -0.515. The van der Waals surface area contributed by atoms with E-state index in [-0.39, 0.29) is 12.3 Å². The van der Waals surface area contributed by atoms with Gasteiger partial charge in [-0.2, -0.15) is 0 Å². The Labute approximate surface area is 161 Å². The lowest BCUT2D eigenvalue weighted by atomic mass is 9.88. The first-order chi connectivity index (χ1) is 13.1. The molecule has 1 unspecified atom stereocenters. The van der Waals surface area contributed by atoms with Crippen LogP contribution in [0.1, 0.15) is 64.2 Å². The highest BCUT2D eigenvalue weighted by atomic mass is 16.6. The minimum Gasteiger partial charge on any atom is -0.491 e. The predicted molar refractivity (Wildman–Crippen MR) is 104 cm³/mol. The fourth-order valence-corrected chi connectivity index (χ4v) is 4.80. The van der Waals surface area contributed by atoms with E-state index in [9.17, 15) is 15.2 Å². The van der Waals surface area contributed by atoms with Crippen LogP contribution in [0.2, 0.25) is 0 Å². The summed E-state index contributed by atoms with van der Waals surface area (Å²) in [5, 5.41) is 21.4. The maximum atomic E-state index is 10.7. The molecule has 0 amide bonds. The van der Waals surface area contributed by atoms with Gasteiger partial charge >= 0.3 is 0 Å². The SMILES string of the molecule is O=[N+]([O-])c1ccc(OCC(O)C[NH+](C2CCCCC2)C2CCCCC2)cc1. The minimum absolute atomic E-state index is 0.0492. The molecular weight excluding hydrogens is 344 g/mol. The number of ether oxygens (including phenoxy) is 1. The quantitative estimate of drug-likeness (QED) is 0.539. The summed E-state index contributed by atoms with van der Waals surface area (Å²) in [6, 6.07) is 7.41. The van der Waals surface area contributed by atoms with Crippen LogP contribution in [-0.2, 0) is 0 Å². The van der Waals surface area contributed by atoms with Crippen LogP contribution in [0.5, 0.6) is 5.75 Å². The van der Waals surface area contributed by atoms with Crippen molar-refractivity contribution in [2.24, 2.45) is 0 Å². The van der Waals surface area contributed by atoms with Crippen molar-refractivity contribution in [3.8, 4) is 5.75 Å². The Hall–Kier alpha value is -1.66. The number of hydrogen-bond acceptors (Lipinski definition) is 4. The molecule has 0 bridgehead atoms. The number of nitro groups is 1. The Balaban J connectivity index is 1.54. The third-order valence-electron chi connectivity index (χ3n) is 6.22. The lowest BCUT2D eigenvalue weighted by Crippen LogP contribution is -3.20. The Morgan fingerprint density at radius 2 is 1.52 bits per heavy atom. The highest BCUT2D eigenvalue weighted by molar-refractivity contribution is 5.35. The lowest BCUT2D eigenvalue weighted by molar-refractivity contribution is -0.955. The van der Waals surface area contributed by atoms with E-state index in [4.69, 9.17) is 4.74 Å². The highest BCUT2D eigenvalue weighted by Gasteiger charge is 2.33. The van der Waals surface area contributed by atoms with Crippen LogP contribution in [-0.4, -0.2) is 41.4 Å². The van der Waals surface area contributed by atoms with Crippen molar-refractivity contribution < 1.29 is 19.7 Å². The molecule has 0 saturated heterocycles. The number of benzene rings is 1. The first kappa shape index (κ1) is 20.1. The van der Waals surface area contributed by atoms with E-state index in [1.165, 1.54) is 76.3 Å². The zero-order chi connectivity index (χ0) is 19.1. The van der Waals surface area contributed by atoms with Gasteiger partial charge in [-0.05, 0) is 63.5 Å². The topological polar surface area (TPSA) is 77.0 Å². The van der Waals surface area contributed by atoms with Crippen LogP contribution in [0.4, 0.5) is 5.69 Å². The van der Waals surface area contributed by atoms with E-state index in [0.29, 0.717) is 17.8 Å². The van der Waals surface area contributed by atoms with Crippen molar-refractivity contribution in [2.45, 2.75) is 82.4 Å². The molecule has 150 valence electrons. The van der Waals surface area contributed by atoms with E-state index >= 15 is 0 Å². The van der Waals surface area contributed by atoms with Gasteiger partial charge in [0.2, 0.25) is 0 Å². The molecule has 0 radical (unpaired) electrons. The van der Waals surface area contributed by atoms with Gasteiger partial charge in [0.15, 0.2) is 0 Å². The van der Waals surface area contributed by atoms with Crippen LogP contribution in [0.3, 0.4) is 0 Å². The molecule has 1 atom stereocenters. The number of non-ortho nitro benzene ring substituents is 1. The fourth-order valence-electron chi connectivity index (χ4n) is 4.80. The second-order valence-corrected chi connectivity index (χ2v) is 8.16. The van der Waals surface area contributed by atoms with Gasteiger partial charge in [-0.1, -0.05) is 12.8 Å². The van der Waals surface area contributed by atoms with Crippen LogP contribution < -0.4 is 9.64 Å². The molecule has 0 aromatic heterocycles. The van der Waals surface area contributed by atoms with Crippen molar-refractivity contribution in [1.82, 2.24) is 0 Å². The molecule has 0 heterocycles. The number of nitrogens with one attached hydrogen (secondary N) is 1. The zero-order valence-corrected chi connectivity index (χ0v) is 16.1. The average Bonchev–Trinajstić information content (AvgIpc) is 2.72. The molecule has 0 spiro atoms. The second kappa shape index (κ2) is 10.0. The van der Waals surface area contributed by atoms with Crippen LogP contribution in [0.25, 0.3) is 0 Å². The molecule has 0 aliphatic heterocycles. The van der Waals surface area contributed by atoms with Gasteiger partial charge in [-0.15, -0.1) is 0 Å². The first-order valence-corrected chi connectivity index (χ1v) is 10.5. The Morgan fingerprint density at radius 3 is 2.00 bits per heavy atom. The molecule has 27 heavy (non-hydrogen) atoms. The molecule has 6 heteroatoms. The number of aliphatic hydroxyl groups is 1. The number of nitrogens with zero attached hydrogens (tertiary/aromatic N) is 1. The van der Waals surface area contributed by atoms with Crippen LogP contribution in [0, 0.1) is 10.1 Å². The molecule has 2 aliphatic rings. The van der Waals surface area contributed by atoms with Gasteiger partial charge in [0.05, 0.1) is 17.0 Å². The number of quaternary nitrogens is 1. The Morgan fingerprint density at radius 1 is 1.00 bits per heavy atom. The van der Waals surface area contributed by atoms with Gasteiger partial charge in [-0.3, -0.25) is 10.1 Å². The summed E-state index contributed by atoms with van der Waals surface area (Å²) in [5.41, 5.74) is 0.0492. The van der Waals surface area contributed by atoms with Gasteiger partial charge in [-0.25, -0.2) is 0 Å². The molecule has 1 aromatic rings. The molecule has 1 aromatic carbocycles. The summed E-state index contributed by atoms with van der Waals surface area (Å²) >= 11 is 0. The van der Waals surface area contributed by atoms with Crippen molar-refractivity contribution >= 4 is 5.69 Å². The monoisotopic (exact) mass is 377 g/mol. The van der Waals surface area contributed by atoms with Crippen molar-refractivity contribution in [3.05, 3.63) is 34.4 Å². The number of aliphatic hydroxyl groups excluding tert-OH is 1. The molecular formula is C21H33N2O4+. The molecule has 6 nitrogen and oxygen atoms in total. The predicted octanol–water partition coefficient (Wildman–Crippen LogP) is 2.88. The van der Waals surface area contributed by atoms with Crippen molar-refractivity contribution in [2.75, 3.05) is 13.2 Å². The maximum absolute atomic E-state index is 10.7. The molecule has 2 aliphatic carbocycles. The third kappa shape index (κ3) is 5.91. The summed E-state index contributed by atoms with van der Waals surface area (Å²) in [6.07, 6.45) is 12.6.